The van der Waals surface area contributed by atoms with E-state index in [9.17, 15) is 4.79 Å². The normalized spacial score (nSPS) is 13.4. The predicted octanol–water partition coefficient (Wildman–Crippen LogP) is 2.54. The van der Waals surface area contributed by atoms with E-state index in [0.29, 0.717) is 26.2 Å². The first-order valence-corrected chi connectivity index (χ1v) is 8.19. The first kappa shape index (κ1) is 19.5. The molecule has 0 saturated heterocycles. The van der Waals surface area contributed by atoms with Crippen molar-refractivity contribution in [3.05, 3.63) is 29.3 Å². The Balaban J connectivity index is 2.66. The van der Waals surface area contributed by atoms with Crippen LogP contribution in [0.3, 0.4) is 0 Å². The van der Waals surface area contributed by atoms with Crippen molar-refractivity contribution in [1.82, 2.24) is 5.32 Å². The van der Waals surface area contributed by atoms with Gasteiger partial charge in [0, 0.05) is 32.2 Å². The van der Waals surface area contributed by atoms with Gasteiger partial charge >= 0.3 is 0 Å². The maximum absolute atomic E-state index is 12.2. The number of carbonyl (C=O) groups excluding carboxylic acids is 1. The molecule has 3 N–H and O–H groups in total. The van der Waals surface area contributed by atoms with E-state index in [1.165, 1.54) is 0 Å². The minimum Gasteiger partial charge on any atom is -0.493 e. The van der Waals surface area contributed by atoms with Crippen LogP contribution < -0.4 is 15.8 Å². The molecule has 1 unspecified atom stereocenters. The van der Waals surface area contributed by atoms with Gasteiger partial charge < -0.3 is 20.5 Å². The summed E-state index contributed by atoms with van der Waals surface area (Å²) in [5.74, 6) is 0.667. The third-order valence-electron chi connectivity index (χ3n) is 3.70. The maximum Gasteiger partial charge on any atom is 0.240 e. The molecule has 1 rings (SSSR count). The summed E-state index contributed by atoms with van der Waals surface area (Å²) in [5.41, 5.74) is 7.29. The predicted molar refractivity (Wildman–Crippen MR) is 92.5 cm³/mol. The van der Waals surface area contributed by atoms with E-state index in [4.69, 9.17) is 15.2 Å². The third kappa shape index (κ3) is 6.59. The number of nitrogens with two attached hydrogens (primary N) is 1. The van der Waals surface area contributed by atoms with Crippen LogP contribution in [0.5, 0.6) is 5.75 Å². The highest BCUT2D eigenvalue weighted by Gasteiger charge is 2.26. The lowest BCUT2D eigenvalue weighted by Crippen LogP contribution is -2.51. The van der Waals surface area contributed by atoms with Gasteiger partial charge in [-0.15, -0.1) is 0 Å². The summed E-state index contributed by atoms with van der Waals surface area (Å²) in [6, 6.07) is 5.98. The van der Waals surface area contributed by atoms with Gasteiger partial charge in [0.15, 0.2) is 0 Å². The summed E-state index contributed by atoms with van der Waals surface area (Å²) >= 11 is 0. The van der Waals surface area contributed by atoms with Gasteiger partial charge in [-0.2, -0.15) is 0 Å². The number of methoxy groups -OCH3 is 1. The lowest BCUT2D eigenvalue weighted by molar-refractivity contribution is -0.126. The quantitative estimate of drug-likeness (QED) is 0.649. The van der Waals surface area contributed by atoms with Crippen LogP contribution in [0.25, 0.3) is 0 Å². The van der Waals surface area contributed by atoms with Gasteiger partial charge in [-0.05, 0) is 31.9 Å². The fourth-order valence-corrected chi connectivity index (χ4v) is 2.34. The van der Waals surface area contributed by atoms with Gasteiger partial charge in [0.2, 0.25) is 5.91 Å². The van der Waals surface area contributed by atoms with Crippen LogP contribution in [0.4, 0.5) is 0 Å². The molecule has 0 radical (unpaired) electrons. The highest BCUT2D eigenvalue weighted by atomic mass is 16.5. The molecule has 130 valence electrons. The Kier molecular flexibility index (Phi) is 8.06. The van der Waals surface area contributed by atoms with E-state index < -0.39 is 5.54 Å². The van der Waals surface area contributed by atoms with Crippen LogP contribution >= 0.6 is 0 Å². The van der Waals surface area contributed by atoms with E-state index in [0.717, 1.165) is 29.7 Å². The van der Waals surface area contributed by atoms with Gasteiger partial charge in [0.05, 0.1) is 12.1 Å². The van der Waals surface area contributed by atoms with E-state index in [-0.39, 0.29) is 5.91 Å². The van der Waals surface area contributed by atoms with Crippen LogP contribution in [-0.2, 0) is 16.1 Å². The molecule has 23 heavy (non-hydrogen) atoms. The Morgan fingerprint density at radius 2 is 2.09 bits per heavy atom. The zero-order valence-electron chi connectivity index (χ0n) is 14.8. The SMILES string of the molecule is CCCC(C)(N)C(=O)NCc1ccc(C)cc1OCCCOC. The number of carbonyl (C=O) groups is 1. The van der Waals surface area contributed by atoms with E-state index in [1.807, 2.05) is 32.0 Å². The van der Waals surface area contributed by atoms with E-state index in [1.54, 1.807) is 14.0 Å². The van der Waals surface area contributed by atoms with Gasteiger partial charge in [-0.3, -0.25) is 4.79 Å². The molecule has 0 heterocycles. The second kappa shape index (κ2) is 9.53. The molecule has 0 aromatic heterocycles. The summed E-state index contributed by atoms with van der Waals surface area (Å²) in [4.78, 5) is 12.2. The summed E-state index contributed by atoms with van der Waals surface area (Å²) in [6.45, 7) is 7.47. The molecule has 0 saturated carbocycles. The van der Waals surface area contributed by atoms with Crippen molar-refractivity contribution < 1.29 is 14.3 Å². The molecule has 5 heteroatoms. The molecule has 5 nitrogen and oxygen atoms in total. The largest absolute Gasteiger partial charge is 0.493 e. The second-order valence-electron chi connectivity index (χ2n) is 6.16. The fourth-order valence-electron chi connectivity index (χ4n) is 2.34. The molecule has 1 amide bonds. The number of rotatable bonds is 10. The van der Waals surface area contributed by atoms with Crippen molar-refractivity contribution in [3.8, 4) is 5.75 Å². The first-order chi connectivity index (χ1) is 10.9. The number of nitrogens with one attached hydrogen (secondary N) is 1. The van der Waals surface area contributed by atoms with Crippen molar-refractivity contribution >= 4 is 5.91 Å². The van der Waals surface area contributed by atoms with Crippen molar-refractivity contribution in [2.75, 3.05) is 20.3 Å². The summed E-state index contributed by atoms with van der Waals surface area (Å²) in [5, 5.41) is 2.92. The number of aryl methyl sites for hydroxylation is 1. The summed E-state index contributed by atoms with van der Waals surface area (Å²) in [6.07, 6.45) is 2.36. The highest BCUT2D eigenvalue weighted by Crippen LogP contribution is 2.21. The van der Waals surface area contributed by atoms with Crippen LogP contribution in [0.2, 0.25) is 0 Å². The minimum absolute atomic E-state index is 0.134. The van der Waals surface area contributed by atoms with Crippen molar-refractivity contribution in [3.63, 3.8) is 0 Å². The number of benzene rings is 1. The molecule has 1 aromatic carbocycles. The Morgan fingerprint density at radius 3 is 2.74 bits per heavy atom. The Hall–Kier alpha value is -1.59. The zero-order valence-corrected chi connectivity index (χ0v) is 14.8. The maximum atomic E-state index is 12.2. The molecule has 0 bridgehead atoms. The molecule has 0 spiro atoms. The van der Waals surface area contributed by atoms with Crippen LogP contribution in [0.15, 0.2) is 18.2 Å². The van der Waals surface area contributed by atoms with Crippen LogP contribution in [0, 0.1) is 6.92 Å². The number of amides is 1. The van der Waals surface area contributed by atoms with E-state index >= 15 is 0 Å². The average molecular weight is 322 g/mol. The standard InChI is InChI=1S/C18H30N2O3/c1-5-9-18(3,19)17(21)20-13-15-8-7-14(2)12-16(15)23-11-6-10-22-4/h7-8,12H,5-6,9-11,13,19H2,1-4H3,(H,20,21). The Labute approximate surface area is 139 Å². The van der Waals surface area contributed by atoms with Gasteiger partial charge in [0.1, 0.15) is 5.75 Å². The summed E-state index contributed by atoms with van der Waals surface area (Å²) in [7, 11) is 1.67. The number of ether oxygens (including phenoxy) is 2. The minimum atomic E-state index is -0.834. The van der Waals surface area contributed by atoms with E-state index in [2.05, 4.69) is 5.32 Å². The highest BCUT2D eigenvalue weighted by molar-refractivity contribution is 5.85. The van der Waals surface area contributed by atoms with Crippen molar-refractivity contribution in [2.24, 2.45) is 5.73 Å². The number of hydrogen-bond donors (Lipinski definition) is 2. The molecule has 0 aliphatic carbocycles. The second-order valence-corrected chi connectivity index (χ2v) is 6.16. The van der Waals surface area contributed by atoms with Crippen LogP contribution in [0.1, 0.15) is 44.2 Å². The van der Waals surface area contributed by atoms with Gasteiger partial charge in [-0.1, -0.05) is 25.5 Å². The Bertz CT molecular complexity index is 501. The Morgan fingerprint density at radius 1 is 1.35 bits per heavy atom. The van der Waals surface area contributed by atoms with Crippen molar-refractivity contribution in [1.29, 1.82) is 0 Å². The van der Waals surface area contributed by atoms with Crippen molar-refractivity contribution in [2.45, 2.75) is 52.1 Å². The first-order valence-electron chi connectivity index (χ1n) is 8.19. The lowest BCUT2D eigenvalue weighted by atomic mass is 9.96. The molecular weight excluding hydrogens is 292 g/mol. The average Bonchev–Trinajstić information content (AvgIpc) is 2.50. The molecular formula is C18H30N2O3. The summed E-state index contributed by atoms with van der Waals surface area (Å²) < 4.78 is 10.8. The molecule has 0 aliphatic rings. The molecule has 1 atom stereocenters. The molecule has 1 aromatic rings. The topological polar surface area (TPSA) is 73.6 Å². The van der Waals surface area contributed by atoms with Crippen LogP contribution in [-0.4, -0.2) is 31.8 Å². The zero-order chi connectivity index (χ0) is 17.3. The number of hydrogen-bond acceptors (Lipinski definition) is 4. The van der Waals surface area contributed by atoms with Gasteiger partial charge in [0.25, 0.3) is 0 Å². The third-order valence-corrected chi connectivity index (χ3v) is 3.70. The fraction of sp³-hybridized carbons (Fsp3) is 0.611. The monoisotopic (exact) mass is 322 g/mol. The molecule has 0 aliphatic heterocycles. The lowest BCUT2D eigenvalue weighted by Gasteiger charge is -2.23. The molecule has 0 fully saturated rings. The van der Waals surface area contributed by atoms with Gasteiger partial charge in [-0.25, -0.2) is 0 Å². The smallest absolute Gasteiger partial charge is 0.240 e.